The van der Waals surface area contributed by atoms with Crippen molar-refractivity contribution < 1.29 is 0 Å². The van der Waals surface area contributed by atoms with Crippen LogP contribution in [0, 0.1) is 0 Å². The fourth-order valence-corrected chi connectivity index (χ4v) is 0.651. The zero-order valence-electron chi connectivity index (χ0n) is 3.35. The molecule has 0 amide bonds. The van der Waals surface area contributed by atoms with Gasteiger partial charge >= 0.3 is 0 Å². The third kappa shape index (κ3) is 0.758. The van der Waals surface area contributed by atoms with Crippen LogP contribution in [0.25, 0.3) is 0 Å². The van der Waals surface area contributed by atoms with Gasteiger partial charge in [0.05, 0.1) is 5.37 Å². The van der Waals surface area contributed by atoms with E-state index in [1.165, 1.54) is 0 Å². The maximum absolute atomic E-state index is 4.80. The predicted molar refractivity (Wildman–Crippen MR) is 28.5 cm³/mol. The summed E-state index contributed by atoms with van der Waals surface area (Å²) in [5.41, 5.74) is 0. The van der Waals surface area contributed by atoms with E-state index >= 15 is 0 Å². The monoisotopic (exact) mass is 100 g/mol. The van der Waals surface area contributed by atoms with Crippen LogP contribution in [-0.4, -0.2) is 11.9 Å². The van der Waals surface area contributed by atoms with Crippen LogP contribution < -0.4 is 5.32 Å². The Kier molecular flexibility index (Phi) is 1.17. The minimum Gasteiger partial charge on any atom is -0.298 e. The summed E-state index contributed by atoms with van der Waals surface area (Å²) < 4.78 is 0. The van der Waals surface area contributed by atoms with E-state index < -0.39 is 0 Å². The van der Waals surface area contributed by atoms with Gasteiger partial charge in [-0.05, 0) is 0 Å². The van der Waals surface area contributed by atoms with Gasteiger partial charge in [0.1, 0.15) is 0 Å². The lowest BCUT2D eigenvalue weighted by Gasteiger charge is -1.92. The second kappa shape index (κ2) is 1.67. The van der Waals surface area contributed by atoms with Crippen molar-refractivity contribution in [3.8, 4) is 0 Å². The molecule has 1 aliphatic rings. The Morgan fingerprint density at radius 3 is 2.83 bits per heavy atom. The number of hydrogen-bond acceptors (Lipinski definition) is 1. The van der Waals surface area contributed by atoms with E-state index in [0.29, 0.717) is 0 Å². The smallest absolute Gasteiger partial charge is 0.0826 e. The molecule has 1 radical (unpaired) electrons. The molecule has 0 aliphatic carbocycles. The fourth-order valence-electron chi connectivity index (χ4n) is 0.444. The van der Waals surface area contributed by atoms with Crippen molar-refractivity contribution >= 4 is 12.6 Å². The summed E-state index contributed by atoms with van der Waals surface area (Å²) in [5, 5.41) is 3.22. The van der Waals surface area contributed by atoms with Gasteiger partial charge in [-0.15, -0.1) is 0 Å². The van der Waals surface area contributed by atoms with Gasteiger partial charge < -0.3 is 0 Å². The fraction of sp³-hybridized carbons (Fsp3) is 0.500. The van der Waals surface area contributed by atoms with Crippen LogP contribution >= 0.6 is 12.6 Å². The average molecular weight is 100 g/mol. The van der Waals surface area contributed by atoms with E-state index in [1.54, 1.807) is 0 Å². The number of hydrogen-bond donors (Lipinski definition) is 1. The van der Waals surface area contributed by atoms with E-state index in [0.717, 1.165) is 6.54 Å². The normalized spacial score (nSPS) is 31.8. The van der Waals surface area contributed by atoms with Crippen molar-refractivity contribution in [1.29, 1.82) is 0 Å². The SMILES string of the molecule is [S]C1C=CCN1. The Hall–Kier alpha value is 0.0500. The molecule has 0 bridgehead atoms. The molecule has 1 N–H and O–H groups in total. The molecule has 33 valence electrons. The molecular weight excluding hydrogens is 94.1 g/mol. The van der Waals surface area contributed by atoms with E-state index in [2.05, 4.69) is 5.32 Å². The highest BCUT2D eigenvalue weighted by atomic mass is 32.1. The first kappa shape index (κ1) is 4.22. The summed E-state index contributed by atoms with van der Waals surface area (Å²) in [6.45, 7) is 0.953. The second-order valence-electron chi connectivity index (χ2n) is 1.26. The molecule has 0 aromatic rings. The van der Waals surface area contributed by atoms with Crippen molar-refractivity contribution in [2.24, 2.45) is 0 Å². The largest absolute Gasteiger partial charge is 0.298 e. The van der Waals surface area contributed by atoms with Crippen LogP contribution in [0.5, 0.6) is 0 Å². The maximum Gasteiger partial charge on any atom is 0.0826 e. The Balaban J connectivity index is 2.38. The Morgan fingerprint density at radius 1 is 1.83 bits per heavy atom. The van der Waals surface area contributed by atoms with Crippen LogP contribution in [0.2, 0.25) is 0 Å². The van der Waals surface area contributed by atoms with Gasteiger partial charge in [-0.3, -0.25) is 5.32 Å². The van der Waals surface area contributed by atoms with E-state index in [-0.39, 0.29) is 5.37 Å². The topological polar surface area (TPSA) is 12.0 Å². The average Bonchev–Trinajstić information content (AvgIpc) is 1.86. The summed E-state index contributed by atoms with van der Waals surface area (Å²) in [6.07, 6.45) is 4.02. The number of nitrogens with one attached hydrogen (secondary N) is 1. The first-order valence-corrected chi connectivity index (χ1v) is 2.42. The number of rotatable bonds is 0. The van der Waals surface area contributed by atoms with E-state index in [9.17, 15) is 0 Å². The molecule has 0 spiro atoms. The molecular formula is C4H6NS. The summed E-state index contributed by atoms with van der Waals surface area (Å²) >= 11 is 4.80. The minimum atomic E-state index is 0.199. The molecule has 0 saturated carbocycles. The third-order valence-corrected chi connectivity index (χ3v) is 1.07. The lowest BCUT2D eigenvalue weighted by molar-refractivity contribution is 0.852. The molecule has 1 nitrogen and oxygen atoms in total. The Bertz CT molecular complexity index is 69.9. The molecule has 1 rings (SSSR count). The van der Waals surface area contributed by atoms with Gasteiger partial charge in [-0.25, -0.2) is 0 Å². The van der Waals surface area contributed by atoms with Crippen molar-refractivity contribution in [2.75, 3.05) is 6.54 Å². The van der Waals surface area contributed by atoms with Crippen molar-refractivity contribution in [1.82, 2.24) is 5.32 Å². The van der Waals surface area contributed by atoms with E-state index in [4.69, 9.17) is 12.6 Å². The molecule has 1 atom stereocenters. The molecule has 2 heteroatoms. The highest BCUT2D eigenvalue weighted by molar-refractivity contribution is 7.81. The summed E-state index contributed by atoms with van der Waals surface area (Å²) in [5.74, 6) is 0. The molecule has 1 aliphatic heterocycles. The quantitative estimate of drug-likeness (QED) is 0.441. The van der Waals surface area contributed by atoms with Gasteiger partial charge in [0.2, 0.25) is 0 Å². The minimum absolute atomic E-state index is 0.199. The lowest BCUT2D eigenvalue weighted by atomic mass is 10.6. The maximum atomic E-state index is 4.80. The van der Waals surface area contributed by atoms with Crippen molar-refractivity contribution in [3.63, 3.8) is 0 Å². The third-order valence-electron chi connectivity index (χ3n) is 0.748. The molecule has 1 unspecified atom stereocenters. The summed E-state index contributed by atoms with van der Waals surface area (Å²) in [4.78, 5) is 0. The molecule has 1 heterocycles. The van der Waals surface area contributed by atoms with Gasteiger partial charge in [0.25, 0.3) is 0 Å². The Morgan fingerprint density at radius 2 is 2.67 bits per heavy atom. The first-order valence-electron chi connectivity index (χ1n) is 1.95. The van der Waals surface area contributed by atoms with E-state index in [1.807, 2.05) is 12.2 Å². The van der Waals surface area contributed by atoms with Crippen molar-refractivity contribution in [2.45, 2.75) is 5.37 Å². The van der Waals surface area contributed by atoms with Crippen molar-refractivity contribution in [3.05, 3.63) is 12.2 Å². The molecule has 0 aromatic heterocycles. The highest BCUT2D eigenvalue weighted by Crippen LogP contribution is 1.96. The highest BCUT2D eigenvalue weighted by Gasteiger charge is 1.98. The zero-order valence-corrected chi connectivity index (χ0v) is 4.16. The van der Waals surface area contributed by atoms with Crippen LogP contribution in [0.3, 0.4) is 0 Å². The second-order valence-corrected chi connectivity index (χ2v) is 1.76. The van der Waals surface area contributed by atoms with Gasteiger partial charge in [-0.1, -0.05) is 24.8 Å². The predicted octanol–water partition coefficient (Wildman–Crippen LogP) is 0.669. The lowest BCUT2D eigenvalue weighted by Crippen LogP contribution is -2.14. The molecule has 6 heavy (non-hydrogen) atoms. The first-order chi connectivity index (χ1) is 2.89. The Labute approximate surface area is 42.8 Å². The van der Waals surface area contributed by atoms with Crippen LogP contribution in [0.15, 0.2) is 12.2 Å². The molecule has 0 saturated heterocycles. The zero-order chi connectivity index (χ0) is 4.41. The van der Waals surface area contributed by atoms with Crippen LogP contribution in [-0.2, 0) is 0 Å². The summed E-state index contributed by atoms with van der Waals surface area (Å²) in [7, 11) is 0. The van der Waals surface area contributed by atoms with Gasteiger partial charge in [0.15, 0.2) is 0 Å². The van der Waals surface area contributed by atoms with Crippen LogP contribution in [0.4, 0.5) is 0 Å². The molecule has 0 aromatic carbocycles. The van der Waals surface area contributed by atoms with Gasteiger partial charge in [-0.2, -0.15) is 0 Å². The molecule has 0 fully saturated rings. The standard InChI is InChI=1S/C4H6NS/c6-4-2-1-3-5-4/h1-2,4-5H,3H2. The van der Waals surface area contributed by atoms with Crippen LogP contribution in [0.1, 0.15) is 0 Å². The van der Waals surface area contributed by atoms with Gasteiger partial charge in [0, 0.05) is 6.54 Å². The summed E-state index contributed by atoms with van der Waals surface area (Å²) in [6, 6.07) is 0.